The van der Waals surface area contributed by atoms with Crippen molar-refractivity contribution in [3.63, 3.8) is 0 Å². The van der Waals surface area contributed by atoms with Gasteiger partial charge in [0, 0.05) is 5.92 Å². The van der Waals surface area contributed by atoms with Crippen LogP contribution in [0.1, 0.15) is 30.0 Å². The van der Waals surface area contributed by atoms with Crippen LogP contribution in [0, 0.1) is 12.8 Å². The molecule has 0 aliphatic heterocycles. The van der Waals surface area contributed by atoms with Crippen LogP contribution in [0.3, 0.4) is 0 Å². The van der Waals surface area contributed by atoms with Crippen LogP contribution in [-0.2, 0) is 20.8 Å². The Bertz CT molecular complexity index is 347. The fraction of sp³-hybridized carbons (Fsp3) is 0.250. The molecule has 15 heavy (non-hydrogen) atoms. The minimum atomic E-state index is -0.826. The van der Waals surface area contributed by atoms with Gasteiger partial charge in [-0.25, -0.2) is 0 Å². The van der Waals surface area contributed by atoms with Crippen LogP contribution in [0.5, 0.6) is 0 Å². The monoisotopic (exact) mass is 317 g/mol. The Kier molecular flexibility index (Phi) is 6.19. The summed E-state index contributed by atoms with van der Waals surface area (Å²) >= 11 is -0.826. The fourth-order valence-electron chi connectivity index (χ4n) is 1.70. The zero-order chi connectivity index (χ0) is 11.3. The number of benzene rings is 1. The van der Waals surface area contributed by atoms with Gasteiger partial charge in [-0.15, -0.1) is 0 Å². The molecule has 0 atom stereocenters. The van der Waals surface area contributed by atoms with Crippen molar-refractivity contribution in [2.75, 3.05) is 0 Å². The van der Waals surface area contributed by atoms with Gasteiger partial charge in [-0.3, -0.25) is 0 Å². The number of fused-ring (bicyclic) bond motifs is 1. The van der Waals surface area contributed by atoms with E-state index < -0.39 is 20.8 Å². The van der Waals surface area contributed by atoms with Crippen molar-refractivity contribution in [3.05, 3.63) is 46.9 Å². The van der Waals surface area contributed by atoms with Gasteiger partial charge in [0.05, 0.1) is 0 Å². The van der Waals surface area contributed by atoms with Crippen LogP contribution in [-0.4, -0.2) is 0 Å². The molecule has 0 saturated heterocycles. The third-order valence-corrected chi connectivity index (χ3v) is 2.40. The predicted octanol–water partition coefficient (Wildman–Crippen LogP) is 4.73. The number of hydrogen-bond acceptors (Lipinski definition) is 0. The second-order valence-electron chi connectivity index (χ2n) is 3.37. The molecule has 1 aliphatic rings. The first-order valence-electron chi connectivity index (χ1n) is 4.84. The van der Waals surface area contributed by atoms with Crippen LogP contribution in [0.2, 0.25) is 0 Å². The van der Waals surface area contributed by atoms with Gasteiger partial charge in [0.1, 0.15) is 0 Å². The first-order chi connectivity index (χ1) is 7.22. The molecule has 0 bridgehead atoms. The summed E-state index contributed by atoms with van der Waals surface area (Å²) in [6, 6.07) is 6.65. The van der Waals surface area contributed by atoms with E-state index in [9.17, 15) is 0 Å². The van der Waals surface area contributed by atoms with Crippen molar-refractivity contribution < 1.29 is 20.8 Å². The summed E-state index contributed by atoms with van der Waals surface area (Å²) in [5.74, 6) is 1.46. The quantitative estimate of drug-likeness (QED) is 0.702. The molecule has 0 spiro atoms. The van der Waals surface area contributed by atoms with Gasteiger partial charge in [-0.2, -0.15) is 0 Å². The molecule has 79 valence electrons. The van der Waals surface area contributed by atoms with Crippen LogP contribution in [0.25, 0.3) is 6.08 Å². The summed E-state index contributed by atoms with van der Waals surface area (Å²) in [7, 11) is 9.87. The van der Waals surface area contributed by atoms with Gasteiger partial charge in [-0.1, -0.05) is 42.8 Å². The Morgan fingerprint density at radius 2 is 1.87 bits per heavy atom. The van der Waals surface area contributed by atoms with Gasteiger partial charge < -0.3 is 0 Å². The molecule has 2 rings (SSSR count). The average molecular weight is 319 g/mol. The Hall–Kier alpha value is 0.423. The second kappa shape index (κ2) is 6.89. The first-order valence-corrected chi connectivity index (χ1v) is 11.2. The zero-order valence-electron chi connectivity index (χ0n) is 8.85. The summed E-state index contributed by atoms with van der Waals surface area (Å²) in [6.07, 6.45) is 5.57. The van der Waals surface area contributed by atoms with E-state index in [0.717, 1.165) is 6.42 Å². The van der Waals surface area contributed by atoms with E-state index in [4.69, 9.17) is 17.0 Å². The molecule has 0 N–H and O–H groups in total. The zero-order valence-corrected chi connectivity index (χ0v) is 12.8. The molecule has 1 aliphatic carbocycles. The van der Waals surface area contributed by atoms with E-state index >= 15 is 0 Å². The molecule has 1 radical (unpaired) electrons. The van der Waals surface area contributed by atoms with Crippen molar-refractivity contribution in [1.29, 1.82) is 0 Å². The van der Waals surface area contributed by atoms with E-state index in [1.807, 2.05) is 0 Å². The third kappa shape index (κ3) is 3.73. The summed E-state index contributed by atoms with van der Waals surface area (Å²) in [5, 5.41) is 0. The van der Waals surface area contributed by atoms with Crippen LogP contribution < -0.4 is 0 Å². The normalized spacial score (nSPS) is 13.1. The maximum absolute atomic E-state index is 4.93. The Balaban J connectivity index is 0.000000337. The number of halogens is 2. The van der Waals surface area contributed by atoms with Crippen molar-refractivity contribution in [2.24, 2.45) is 0 Å². The van der Waals surface area contributed by atoms with Gasteiger partial charge in [-0.05, 0) is 24.5 Å². The molecule has 0 fully saturated rings. The van der Waals surface area contributed by atoms with E-state index in [2.05, 4.69) is 44.2 Å². The van der Waals surface area contributed by atoms with E-state index in [1.165, 1.54) is 22.6 Å². The van der Waals surface area contributed by atoms with Crippen LogP contribution >= 0.6 is 17.0 Å². The SMILES string of the molecule is CC[C]1C=Cc2cc(C)ccc21.[Cl][Zr][Cl]. The summed E-state index contributed by atoms with van der Waals surface area (Å²) in [5.41, 5.74) is 4.14. The van der Waals surface area contributed by atoms with Crippen molar-refractivity contribution in [3.8, 4) is 0 Å². The van der Waals surface area contributed by atoms with Gasteiger partial charge >= 0.3 is 37.9 Å². The molecule has 0 aromatic heterocycles. The van der Waals surface area contributed by atoms with Crippen molar-refractivity contribution in [2.45, 2.75) is 20.3 Å². The minimum absolute atomic E-state index is 0.826. The first kappa shape index (κ1) is 13.5. The number of hydrogen-bond donors (Lipinski definition) is 0. The standard InChI is InChI=1S/C12H13.2ClH.Zr/c1-3-10-5-6-11-8-9(2)4-7-12(10)11;;;/h4-8H,3H2,1-2H3;2*1H;/q;;;+2/p-2. The molecule has 0 amide bonds. The number of allylic oxidation sites excluding steroid dienone is 1. The van der Waals surface area contributed by atoms with Crippen LogP contribution in [0.4, 0.5) is 0 Å². The predicted molar refractivity (Wildman–Crippen MR) is 64.6 cm³/mol. The Labute approximate surface area is 110 Å². The van der Waals surface area contributed by atoms with Crippen molar-refractivity contribution in [1.82, 2.24) is 0 Å². The van der Waals surface area contributed by atoms with Gasteiger partial charge in [0.15, 0.2) is 0 Å². The van der Waals surface area contributed by atoms with E-state index in [0.29, 0.717) is 0 Å². The molecular weight excluding hydrogens is 306 g/mol. The molecule has 0 saturated carbocycles. The third-order valence-electron chi connectivity index (χ3n) is 2.40. The average Bonchev–Trinajstić information content (AvgIpc) is 2.61. The maximum atomic E-state index is 4.93. The second-order valence-corrected chi connectivity index (χ2v) is 7.11. The van der Waals surface area contributed by atoms with Crippen LogP contribution in [0.15, 0.2) is 24.3 Å². The Morgan fingerprint density at radius 1 is 1.20 bits per heavy atom. The molecule has 0 unspecified atom stereocenters. The molecule has 1 aromatic carbocycles. The molecule has 3 heteroatoms. The van der Waals surface area contributed by atoms with E-state index in [1.54, 1.807) is 0 Å². The van der Waals surface area contributed by atoms with Gasteiger partial charge in [0.25, 0.3) is 0 Å². The summed E-state index contributed by atoms with van der Waals surface area (Å²) in [6.45, 7) is 4.34. The topological polar surface area (TPSA) is 0 Å². The Morgan fingerprint density at radius 3 is 2.47 bits per heavy atom. The molecule has 0 heterocycles. The number of rotatable bonds is 1. The molecule has 0 nitrogen and oxygen atoms in total. The van der Waals surface area contributed by atoms with Gasteiger partial charge in [0.2, 0.25) is 0 Å². The van der Waals surface area contributed by atoms with E-state index in [-0.39, 0.29) is 0 Å². The van der Waals surface area contributed by atoms with Crippen molar-refractivity contribution >= 4 is 23.1 Å². The number of aryl methyl sites for hydroxylation is 1. The summed E-state index contributed by atoms with van der Waals surface area (Å²) < 4.78 is 0. The summed E-state index contributed by atoms with van der Waals surface area (Å²) in [4.78, 5) is 0. The molecule has 1 aromatic rings. The molecular formula is C12H13Cl2Zr. The fourth-order valence-corrected chi connectivity index (χ4v) is 1.70.